The molecule has 0 saturated carbocycles. The van der Waals surface area contributed by atoms with Gasteiger partial charge in [-0.15, -0.1) is 0 Å². The average molecular weight is 471 g/mol. The number of carbonyl (C=O) groups excluding carboxylic acids is 1. The van der Waals surface area contributed by atoms with Crippen molar-refractivity contribution in [2.45, 2.75) is 0 Å². The highest BCUT2D eigenvalue weighted by Crippen LogP contribution is 1.86. The van der Waals surface area contributed by atoms with E-state index in [1.807, 2.05) is 0 Å². The molecular formula is C21H42O11. The summed E-state index contributed by atoms with van der Waals surface area (Å²) in [4.78, 5) is 10.0. The number of rotatable bonds is 29. The molecule has 0 saturated heterocycles. The van der Waals surface area contributed by atoms with Crippen molar-refractivity contribution in [2.75, 3.05) is 133 Å². The van der Waals surface area contributed by atoms with Crippen molar-refractivity contribution in [3.05, 3.63) is 0 Å². The van der Waals surface area contributed by atoms with Crippen LogP contribution in [0.15, 0.2) is 0 Å². The minimum absolute atomic E-state index is 0.104. The van der Waals surface area contributed by atoms with Crippen LogP contribution in [0.1, 0.15) is 0 Å². The van der Waals surface area contributed by atoms with Crippen molar-refractivity contribution < 1.29 is 52.2 Å². The van der Waals surface area contributed by atoms with Gasteiger partial charge >= 0.3 is 0 Å². The van der Waals surface area contributed by atoms with E-state index in [4.69, 9.17) is 47.4 Å². The highest BCUT2D eigenvalue weighted by molar-refractivity contribution is 5.50. The second kappa shape index (κ2) is 30.3. The summed E-state index contributed by atoms with van der Waals surface area (Å²) >= 11 is 0. The number of methoxy groups -OCH3 is 1. The van der Waals surface area contributed by atoms with Gasteiger partial charge in [0.15, 0.2) is 0 Å². The van der Waals surface area contributed by atoms with Gasteiger partial charge in [0.2, 0.25) is 0 Å². The second-order valence-corrected chi connectivity index (χ2v) is 6.13. The standard InChI is InChI=1S/C21H42O11/c1-23-4-5-25-8-9-27-12-13-29-16-17-31-20-21-32-19-18-30-15-14-28-11-10-26-7-6-24-3-2-22/h2H,3-21H2,1H3. The zero-order valence-corrected chi connectivity index (χ0v) is 19.5. The number of hydrogen-bond donors (Lipinski definition) is 0. The predicted octanol–water partition coefficient (Wildman–Crippen LogP) is -0.0189. The van der Waals surface area contributed by atoms with Crippen LogP contribution in [0.4, 0.5) is 0 Å². The van der Waals surface area contributed by atoms with E-state index in [-0.39, 0.29) is 6.61 Å². The lowest BCUT2D eigenvalue weighted by molar-refractivity contribution is -0.112. The first-order valence-electron chi connectivity index (χ1n) is 11.0. The zero-order chi connectivity index (χ0) is 23.2. The van der Waals surface area contributed by atoms with Crippen molar-refractivity contribution in [3.63, 3.8) is 0 Å². The molecule has 192 valence electrons. The summed E-state index contributed by atoms with van der Waals surface area (Å²) in [6.07, 6.45) is 0.712. The maximum atomic E-state index is 10.0. The first kappa shape index (κ1) is 31.3. The lowest BCUT2D eigenvalue weighted by atomic mass is 10.6. The molecule has 0 N–H and O–H groups in total. The molecule has 11 heteroatoms. The summed E-state index contributed by atoms with van der Waals surface area (Å²) in [5, 5.41) is 0. The third-order valence-electron chi connectivity index (χ3n) is 3.59. The zero-order valence-electron chi connectivity index (χ0n) is 19.5. The van der Waals surface area contributed by atoms with Crippen molar-refractivity contribution >= 4 is 6.29 Å². The van der Waals surface area contributed by atoms with Gasteiger partial charge in [-0.2, -0.15) is 0 Å². The van der Waals surface area contributed by atoms with Crippen LogP contribution in [-0.4, -0.2) is 139 Å². The molecular weight excluding hydrogens is 428 g/mol. The molecule has 0 atom stereocenters. The average Bonchev–Trinajstić information content (AvgIpc) is 2.81. The Labute approximate surface area is 191 Å². The molecule has 32 heavy (non-hydrogen) atoms. The molecule has 11 nitrogen and oxygen atoms in total. The van der Waals surface area contributed by atoms with E-state index in [1.165, 1.54) is 0 Å². The summed E-state index contributed by atoms with van der Waals surface area (Å²) in [5.41, 5.74) is 0. The summed E-state index contributed by atoms with van der Waals surface area (Å²) in [6.45, 7) is 9.38. The third-order valence-corrected chi connectivity index (χ3v) is 3.59. The van der Waals surface area contributed by atoms with E-state index in [1.54, 1.807) is 7.11 Å². The molecule has 0 aliphatic carbocycles. The molecule has 0 unspecified atom stereocenters. The molecule has 0 radical (unpaired) electrons. The quantitative estimate of drug-likeness (QED) is 0.109. The van der Waals surface area contributed by atoms with Crippen LogP contribution >= 0.6 is 0 Å². The Balaban J connectivity index is 2.99. The van der Waals surface area contributed by atoms with Crippen LogP contribution in [0.5, 0.6) is 0 Å². The Morgan fingerprint density at radius 2 is 0.594 bits per heavy atom. The van der Waals surface area contributed by atoms with E-state index in [2.05, 4.69) is 0 Å². The van der Waals surface area contributed by atoms with Crippen molar-refractivity contribution in [1.82, 2.24) is 0 Å². The molecule has 0 aromatic heterocycles. The highest BCUT2D eigenvalue weighted by atomic mass is 16.6. The number of aldehydes is 1. The lowest BCUT2D eigenvalue weighted by Crippen LogP contribution is -2.15. The van der Waals surface area contributed by atoms with Gasteiger partial charge in [0, 0.05) is 7.11 Å². The minimum Gasteiger partial charge on any atom is -0.382 e. The largest absolute Gasteiger partial charge is 0.382 e. The van der Waals surface area contributed by atoms with Crippen LogP contribution in [0.2, 0.25) is 0 Å². The normalized spacial score (nSPS) is 11.3. The maximum Gasteiger partial charge on any atom is 0.145 e. The van der Waals surface area contributed by atoms with Crippen molar-refractivity contribution in [3.8, 4) is 0 Å². The Morgan fingerprint density at radius 3 is 0.812 bits per heavy atom. The van der Waals surface area contributed by atoms with Gasteiger partial charge in [-0.1, -0.05) is 0 Å². The predicted molar refractivity (Wildman–Crippen MR) is 115 cm³/mol. The van der Waals surface area contributed by atoms with Crippen LogP contribution in [-0.2, 0) is 52.2 Å². The summed E-state index contributed by atoms with van der Waals surface area (Å²) < 4.78 is 52.7. The van der Waals surface area contributed by atoms with Crippen molar-refractivity contribution in [2.24, 2.45) is 0 Å². The third kappa shape index (κ3) is 29.3. The number of ether oxygens (including phenoxy) is 10. The summed E-state index contributed by atoms with van der Waals surface area (Å²) in [6, 6.07) is 0. The Morgan fingerprint density at radius 1 is 0.375 bits per heavy atom. The Bertz CT molecular complexity index is 348. The molecule has 0 aliphatic rings. The molecule has 0 amide bonds. The SMILES string of the molecule is COCCOCCOCCOCCOCCOCCOCCOCCOCCOCC=O. The highest BCUT2D eigenvalue weighted by Gasteiger charge is 1.95. The van der Waals surface area contributed by atoms with Crippen molar-refractivity contribution in [1.29, 1.82) is 0 Å². The summed E-state index contributed by atoms with van der Waals surface area (Å²) in [5.74, 6) is 0. The second-order valence-electron chi connectivity index (χ2n) is 6.13. The molecule has 0 bridgehead atoms. The van der Waals surface area contributed by atoms with E-state index < -0.39 is 0 Å². The molecule has 0 fully saturated rings. The fourth-order valence-electron chi connectivity index (χ4n) is 2.03. The van der Waals surface area contributed by atoms with Gasteiger partial charge in [0.05, 0.1) is 119 Å². The van der Waals surface area contributed by atoms with Gasteiger partial charge in [0.25, 0.3) is 0 Å². The first-order valence-corrected chi connectivity index (χ1v) is 11.0. The maximum absolute atomic E-state index is 10.0. The smallest absolute Gasteiger partial charge is 0.145 e. The van der Waals surface area contributed by atoms with Crippen LogP contribution in [0, 0.1) is 0 Å². The molecule has 0 spiro atoms. The molecule has 0 rings (SSSR count). The van der Waals surface area contributed by atoms with Gasteiger partial charge in [0.1, 0.15) is 12.9 Å². The van der Waals surface area contributed by atoms with Gasteiger partial charge in [-0.05, 0) is 0 Å². The van der Waals surface area contributed by atoms with E-state index in [9.17, 15) is 4.79 Å². The van der Waals surface area contributed by atoms with Gasteiger partial charge < -0.3 is 52.2 Å². The Hall–Kier alpha value is -0.730. The fraction of sp³-hybridized carbons (Fsp3) is 0.952. The van der Waals surface area contributed by atoms with E-state index >= 15 is 0 Å². The van der Waals surface area contributed by atoms with Gasteiger partial charge in [-0.3, -0.25) is 0 Å². The number of hydrogen-bond acceptors (Lipinski definition) is 11. The molecule has 0 heterocycles. The van der Waals surface area contributed by atoms with E-state index in [0.29, 0.717) is 125 Å². The van der Waals surface area contributed by atoms with Crippen LogP contribution < -0.4 is 0 Å². The fourth-order valence-corrected chi connectivity index (χ4v) is 2.03. The minimum atomic E-state index is 0.104. The molecule has 0 aliphatic heterocycles. The topological polar surface area (TPSA) is 109 Å². The number of carbonyl (C=O) groups is 1. The molecule has 0 aromatic rings. The Kier molecular flexibility index (Phi) is 29.6. The van der Waals surface area contributed by atoms with E-state index in [0.717, 1.165) is 0 Å². The lowest BCUT2D eigenvalue weighted by Gasteiger charge is -2.08. The monoisotopic (exact) mass is 470 g/mol. The first-order chi connectivity index (χ1) is 15.9. The van der Waals surface area contributed by atoms with Crippen LogP contribution in [0.25, 0.3) is 0 Å². The molecule has 0 aromatic carbocycles. The van der Waals surface area contributed by atoms with Gasteiger partial charge in [-0.25, -0.2) is 0 Å². The summed E-state index contributed by atoms with van der Waals surface area (Å²) in [7, 11) is 1.64. The van der Waals surface area contributed by atoms with Crippen LogP contribution in [0.3, 0.4) is 0 Å².